The van der Waals surface area contributed by atoms with Gasteiger partial charge in [0.05, 0.1) is 5.56 Å². The Hall–Kier alpha value is -2.27. The van der Waals surface area contributed by atoms with E-state index in [0.29, 0.717) is 5.69 Å². The minimum atomic E-state index is -4.29. The van der Waals surface area contributed by atoms with Crippen LogP contribution in [0.25, 0.3) is 6.08 Å². The summed E-state index contributed by atoms with van der Waals surface area (Å²) in [6, 6.07) is 15.8. The highest BCUT2D eigenvalue weighted by atomic mass is 19.4. The molecule has 2 aromatic rings. The summed E-state index contributed by atoms with van der Waals surface area (Å²) in [4.78, 5) is 4.38. The van der Waals surface area contributed by atoms with E-state index in [1.807, 2.05) is 23.1 Å². The Bertz CT molecular complexity index is 745. The Morgan fingerprint density at radius 2 is 1.65 bits per heavy atom. The van der Waals surface area contributed by atoms with Crippen LogP contribution in [0.5, 0.6) is 0 Å². The zero-order chi connectivity index (χ0) is 18.6. The molecule has 0 saturated carbocycles. The van der Waals surface area contributed by atoms with Crippen LogP contribution in [0.15, 0.2) is 60.2 Å². The highest BCUT2D eigenvalue weighted by Gasteiger charge is 2.31. The first-order valence-corrected chi connectivity index (χ1v) is 8.78. The van der Waals surface area contributed by atoms with Crippen molar-refractivity contribution in [1.29, 1.82) is 0 Å². The maximum absolute atomic E-state index is 12.9. The van der Waals surface area contributed by atoms with Crippen molar-refractivity contribution in [2.45, 2.75) is 13.1 Å². The van der Waals surface area contributed by atoms with Gasteiger partial charge in [0, 0.05) is 38.4 Å². The Morgan fingerprint density at radius 1 is 0.962 bits per heavy atom. The number of nitrogens with zero attached hydrogens (tertiary/aromatic N) is 2. The standard InChI is InChI=1S/C21H23F3N2/c1-17(14-18-6-3-2-4-7-18)16-25-10-12-26(13-11-25)20-9-5-8-19(15-20)21(22,23)24/h2-9,14-15H,10-13,16H2,1H3. The third kappa shape index (κ3) is 4.88. The van der Waals surface area contributed by atoms with Gasteiger partial charge in [-0.1, -0.05) is 48.0 Å². The van der Waals surface area contributed by atoms with Gasteiger partial charge in [-0.25, -0.2) is 0 Å². The van der Waals surface area contributed by atoms with Crippen LogP contribution in [0.2, 0.25) is 0 Å². The van der Waals surface area contributed by atoms with Crippen LogP contribution in [-0.4, -0.2) is 37.6 Å². The fourth-order valence-electron chi connectivity index (χ4n) is 3.28. The molecule has 2 aromatic carbocycles. The molecule has 0 aromatic heterocycles. The number of halogens is 3. The quantitative estimate of drug-likeness (QED) is 0.763. The predicted octanol–water partition coefficient (Wildman–Crippen LogP) is 4.93. The van der Waals surface area contributed by atoms with Crippen molar-refractivity contribution in [3.63, 3.8) is 0 Å². The summed E-state index contributed by atoms with van der Waals surface area (Å²) < 4.78 is 38.7. The molecule has 0 unspecified atom stereocenters. The molecule has 1 heterocycles. The van der Waals surface area contributed by atoms with Gasteiger partial charge in [0.15, 0.2) is 0 Å². The largest absolute Gasteiger partial charge is 0.416 e. The Labute approximate surface area is 152 Å². The molecule has 0 amide bonds. The number of rotatable bonds is 4. The summed E-state index contributed by atoms with van der Waals surface area (Å²) in [6.07, 6.45) is -2.11. The topological polar surface area (TPSA) is 6.48 Å². The minimum absolute atomic E-state index is 0.584. The van der Waals surface area contributed by atoms with Gasteiger partial charge in [-0.3, -0.25) is 4.90 Å². The van der Waals surface area contributed by atoms with E-state index in [9.17, 15) is 13.2 Å². The van der Waals surface area contributed by atoms with Crippen molar-refractivity contribution >= 4 is 11.8 Å². The fourth-order valence-corrected chi connectivity index (χ4v) is 3.28. The molecule has 0 spiro atoms. The summed E-state index contributed by atoms with van der Waals surface area (Å²) in [5.41, 5.74) is 2.53. The summed E-state index contributed by atoms with van der Waals surface area (Å²) in [5, 5.41) is 0. The van der Waals surface area contributed by atoms with Crippen LogP contribution in [0.3, 0.4) is 0 Å². The van der Waals surface area contributed by atoms with Gasteiger partial charge in [0.1, 0.15) is 0 Å². The molecule has 5 heteroatoms. The van der Waals surface area contributed by atoms with Crippen molar-refractivity contribution in [2.24, 2.45) is 0 Å². The molecule has 1 aliphatic rings. The van der Waals surface area contributed by atoms with Crippen molar-refractivity contribution in [3.05, 3.63) is 71.3 Å². The van der Waals surface area contributed by atoms with Crippen LogP contribution in [0.1, 0.15) is 18.1 Å². The van der Waals surface area contributed by atoms with E-state index in [1.165, 1.54) is 23.3 Å². The first kappa shape index (κ1) is 18.5. The van der Waals surface area contributed by atoms with Gasteiger partial charge < -0.3 is 4.90 Å². The molecular weight excluding hydrogens is 337 g/mol. The molecule has 3 rings (SSSR count). The Morgan fingerprint density at radius 3 is 2.31 bits per heavy atom. The fraction of sp³-hybridized carbons (Fsp3) is 0.333. The Kier molecular flexibility index (Phi) is 5.67. The first-order valence-electron chi connectivity index (χ1n) is 8.78. The lowest BCUT2D eigenvalue weighted by atomic mass is 10.1. The lowest BCUT2D eigenvalue weighted by molar-refractivity contribution is -0.137. The number of hydrogen-bond acceptors (Lipinski definition) is 2. The SMILES string of the molecule is CC(=Cc1ccccc1)CN1CCN(c2cccc(C(F)(F)F)c2)CC1. The van der Waals surface area contributed by atoms with Crippen molar-refractivity contribution in [2.75, 3.05) is 37.6 Å². The number of alkyl halides is 3. The van der Waals surface area contributed by atoms with E-state index >= 15 is 0 Å². The van der Waals surface area contributed by atoms with E-state index in [1.54, 1.807) is 6.07 Å². The maximum atomic E-state index is 12.9. The van der Waals surface area contributed by atoms with E-state index < -0.39 is 11.7 Å². The lowest BCUT2D eigenvalue weighted by Crippen LogP contribution is -2.46. The van der Waals surface area contributed by atoms with Gasteiger partial charge in [0.2, 0.25) is 0 Å². The van der Waals surface area contributed by atoms with Crippen LogP contribution in [0.4, 0.5) is 18.9 Å². The summed E-state index contributed by atoms with van der Waals surface area (Å²) in [5.74, 6) is 0. The average molecular weight is 360 g/mol. The van der Waals surface area contributed by atoms with Gasteiger partial charge >= 0.3 is 6.18 Å². The smallest absolute Gasteiger partial charge is 0.369 e. The second-order valence-corrected chi connectivity index (χ2v) is 6.71. The van der Waals surface area contributed by atoms with Gasteiger partial charge in [-0.15, -0.1) is 0 Å². The zero-order valence-corrected chi connectivity index (χ0v) is 14.8. The zero-order valence-electron chi connectivity index (χ0n) is 14.8. The second kappa shape index (κ2) is 7.96. The molecule has 26 heavy (non-hydrogen) atoms. The molecule has 1 fully saturated rings. The molecule has 1 aliphatic heterocycles. The molecule has 0 radical (unpaired) electrons. The monoisotopic (exact) mass is 360 g/mol. The van der Waals surface area contributed by atoms with Crippen LogP contribution < -0.4 is 4.90 Å². The van der Waals surface area contributed by atoms with E-state index in [-0.39, 0.29) is 0 Å². The number of benzene rings is 2. The number of piperazine rings is 1. The highest BCUT2D eigenvalue weighted by molar-refractivity contribution is 5.52. The minimum Gasteiger partial charge on any atom is -0.369 e. The highest BCUT2D eigenvalue weighted by Crippen LogP contribution is 2.31. The lowest BCUT2D eigenvalue weighted by Gasteiger charge is -2.36. The maximum Gasteiger partial charge on any atom is 0.416 e. The number of hydrogen-bond donors (Lipinski definition) is 0. The molecule has 0 atom stereocenters. The first-order chi connectivity index (χ1) is 12.4. The molecule has 0 bridgehead atoms. The van der Waals surface area contributed by atoms with Crippen molar-refractivity contribution in [3.8, 4) is 0 Å². The van der Waals surface area contributed by atoms with Gasteiger partial charge in [-0.05, 0) is 30.7 Å². The van der Waals surface area contributed by atoms with Crippen molar-refractivity contribution in [1.82, 2.24) is 4.90 Å². The Balaban J connectivity index is 1.57. The van der Waals surface area contributed by atoms with Crippen LogP contribution in [0, 0.1) is 0 Å². The number of anilines is 1. The molecular formula is C21H23F3N2. The third-order valence-electron chi connectivity index (χ3n) is 4.60. The molecule has 1 saturated heterocycles. The molecule has 0 aliphatic carbocycles. The summed E-state index contributed by atoms with van der Waals surface area (Å²) in [6.45, 7) is 6.16. The van der Waals surface area contributed by atoms with Crippen LogP contribution >= 0.6 is 0 Å². The molecule has 2 nitrogen and oxygen atoms in total. The third-order valence-corrected chi connectivity index (χ3v) is 4.60. The van der Waals surface area contributed by atoms with Gasteiger partial charge in [0.25, 0.3) is 0 Å². The van der Waals surface area contributed by atoms with E-state index in [0.717, 1.165) is 38.8 Å². The summed E-state index contributed by atoms with van der Waals surface area (Å²) >= 11 is 0. The molecule has 138 valence electrons. The van der Waals surface area contributed by atoms with Crippen molar-refractivity contribution < 1.29 is 13.2 Å². The van der Waals surface area contributed by atoms with E-state index in [2.05, 4.69) is 30.0 Å². The predicted molar refractivity (Wildman–Crippen MR) is 100 cm³/mol. The second-order valence-electron chi connectivity index (χ2n) is 6.71. The van der Waals surface area contributed by atoms with E-state index in [4.69, 9.17) is 0 Å². The van der Waals surface area contributed by atoms with Gasteiger partial charge in [-0.2, -0.15) is 13.2 Å². The molecule has 0 N–H and O–H groups in total. The average Bonchev–Trinajstić information content (AvgIpc) is 2.62. The normalized spacial score (nSPS) is 16.8. The van der Waals surface area contributed by atoms with Crippen LogP contribution in [-0.2, 0) is 6.18 Å². The summed E-state index contributed by atoms with van der Waals surface area (Å²) in [7, 11) is 0.